The Hall–Kier alpha value is -4.08. The Balaban J connectivity index is 1.81. The lowest BCUT2D eigenvalue weighted by Gasteiger charge is -2.20. The first-order valence-electron chi connectivity index (χ1n) is 11.9. The van der Waals surface area contributed by atoms with Crippen LogP contribution in [0.2, 0.25) is 5.02 Å². The van der Waals surface area contributed by atoms with Crippen LogP contribution in [0.1, 0.15) is 30.8 Å². The monoisotopic (exact) mass is 537 g/mol. The van der Waals surface area contributed by atoms with Crippen molar-refractivity contribution in [3.63, 3.8) is 0 Å². The maximum Gasteiger partial charge on any atom is 0.265 e. The lowest BCUT2D eigenvalue weighted by atomic mass is 10.1. The van der Waals surface area contributed by atoms with Gasteiger partial charge in [-0.15, -0.1) is 0 Å². The van der Waals surface area contributed by atoms with Gasteiger partial charge in [-0.05, 0) is 49.7 Å². The van der Waals surface area contributed by atoms with E-state index in [1.54, 1.807) is 42.5 Å². The molecule has 2 aromatic carbocycles. The van der Waals surface area contributed by atoms with Crippen LogP contribution in [-0.2, 0) is 17.8 Å². The van der Waals surface area contributed by atoms with Gasteiger partial charge in [0.15, 0.2) is 0 Å². The summed E-state index contributed by atoms with van der Waals surface area (Å²) in [6.45, 7) is 3.70. The molecule has 0 fully saturated rings. The molecular weight excluding hydrogens is 510 g/mol. The molecule has 10 heteroatoms. The van der Waals surface area contributed by atoms with Crippen LogP contribution >= 0.6 is 11.6 Å². The van der Waals surface area contributed by atoms with E-state index in [1.165, 1.54) is 41.7 Å². The quantitative estimate of drug-likeness (QED) is 0.340. The second-order valence-electron chi connectivity index (χ2n) is 8.74. The summed E-state index contributed by atoms with van der Waals surface area (Å²) in [4.78, 5) is 30.5. The number of pyridine rings is 1. The number of hydrogen-bond acceptors (Lipinski definition) is 7. The Labute approximate surface area is 224 Å². The van der Waals surface area contributed by atoms with Crippen LogP contribution in [0.4, 0.5) is 0 Å². The molecular formula is C28H28ClN3O6. The molecule has 0 saturated heterocycles. The summed E-state index contributed by atoms with van der Waals surface area (Å²) in [6, 6.07) is 15.1. The van der Waals surface area contributed by atoms with Crippen molar-refractivity contribution in [2.45, 2.75) is 33.0 Å². The van der Waals surface area contributed by atoms with Crippen molar-refractivity contribution < 1.29 is 19.3 Å². The van der Waals surface area contributed by atoms with E-state index >= 15 is 0 Å². The van der Waals surface area contributed by atoms with Gasteiger partial charge in [0.05, 0.1) is 30.9 Å². The lowest BCUT2D eigenvalue weighted by Crippen LogP contribution is -2.28. The number of hydrogen-bond donors (Lipinski definition) is 1. The molecule has 4 aromatic rings. The van der Waals surface area contributed by atoms with Gasteiger partial charge >= 0.3 is 0 Å². The SMILES string of the molecule is COc1cccc(OC)c1-n1c(COC(C)C)nc(O)c(Cc2ccc(-n3cc(Cl)ccc3=O)cc2)c1=O. The van der Waals surface area contributed by atoms with E-state index in [4.69, 9.17) is 25.8 Å². The third kappa shape index (κ3) is 5.58. The van der Waals surface area contributed by atoms with Gasteiger partial charge in [0, 0.05) is 24.4 Å². The predicted octanol–water partition coefficient (Wildman–Crippen LogP) is 4.28. The Morgan fingerprint density at radius 1 is 0.974 bits per heavy atom. The molecule has 0 aliphatic heterocycles. The Bertz CT molecular complexity index is 1540. The van der Waals surface area contributed by atoms with Gasteiger partial charge in [-0.2, -0.15) is 4.98 Å². The van der Waals surface area contributed by atoms with E-state index in [0.717, 1.165) is 5.56 Å². The van der Waals surface area contributed by atoms with Crippen LogP contribution in [0.25, 0.3) is 11.4 Å². The van der Waals surface area contributed by atoms with Crippen LogP contribution in [0.5, 0.6) is 17.4 Å². The summed E-state index contributed by atoms with van der Waals surface area (Å²) in [5, 5.41) is 11.2. The van der Waals surface area contributed by atoms with E-state index in [-0.39, 0.29) is 36.1 Å². The molecule has 0 atom stereocenters. The van der Waals surface area contributed by atoms with Gasteiger partial charge < -0.3 is 19.3 Å². The normalized spacial score (nSPS) is 11.1. The summed E-state index contributed by atoms with van der Waals surface area (Å²) < 4.78 is 19.6. The highest BCUT2D eigenvalue weighted by Crippen LogP contribution is 2.33. The molecule has 9 nitrogen and oxygen atoms in total. The topological polar surface area (TPSA) is 105 Å². The van der Waals surface area contributed by atoms with Crippen LogP contribution in [0, 0.1) is 0 Å². The molecule has 0 unspecified atom stereocenters. The first-order valence-corrected chi connectivity index (χ1v) is 12.3. The van der Waals surface area contributed by atoms with Crippen molar-refractivity contribution in [3.05, 3.63) is 103 Å². The van der Waals surface area contributed by atoms with Crippen molar-refractivity contribution in [1.82, 2.24) is 14.1 Å². The fraction of sp³-hybridized carbons (Fsp3) is 0.250. The van der Waals surface area contributed by atoms with Gasteiger partial charge in [-0.1, -0.05) is 29.8 Å². The van der Waals surface area contributed by atoms with Crippen molar-refractivity contribution in [1.29, 1.82) is 0 Å². The van der Waals surface area contributed by atoms with E-state index < -0.39 is 11.4 Å². The van der Waals surface area contributed by atoms with Gasteiger partial charge in [-0.25, -0.2) is 0 Å². The molecule has 0 saturated carbocycles. The molecule has 1 N–H and O–H groups in total. The van der Waals surface area contributed by atoms with E-state index in [9.17, 15) is 14.7 Å². The molecule has 0 radical (unpaired) electrons. The fourth-order valence-corrected chi connectivity index (χ4v) is 4.16. The van der Waals surface area contributed by atoms with Crippen molar-refractivity contribution >= 4 is 11.6 Å². The maximum atomic E-state index is 13.9. The average Bonchev–Trinajstić information content (AvgIpc) is 2.91. The third-order valence-electron chi connectivity index (χ3n) is 5.87. The fourth-order valence-electron chi connectivity index (χ4n) is 4.00. The molecule has 4 rings (SSSR count). The predicted molar refractivity (Wildman–Crippen MR) is 144 cm³/mol. The maximum absolute atomic E-state index is 13.9. The minimum Gasteiger partial charge on any atom is -0.494 e. The van der Waals surface area contributed by atoms with Gasteiger partial charge in [0.1, 0.15) is 29.6 Å². The highest BCUT2D eigenvalue weighted by Gasteiger charge is 2.23. The highest BCUT2D eigenvalue weighted by atomic mass is 35.5. The Kier molecular flexibility index (Phi) is 8.19. The Morgan fingerprint density at radius 2 is 1.63 bits per heavy atom. The number of methoxy groups -OCH3 is 2. The number of nitrogens with zero attached hydrogens (tertiary/aromatic N) is 3. The van der Waals surface area contributed by atoms with Gasteiger partial charge in [0.2, 0.25) is 5.88 Å². The molecule has 0 aliphatic carbocycles. The minimum absolute atomic E-state index is 0.0228. The van der Waals surface area contributed by atoms with Gasteiger partial charge in [-0.3, -0.25) is 18.7 Å². The molecule has 0 aliphatic rings. The highest BCUT2D eigenvalue weighted by molar-refractivity contribution is 6.30. The van der Waals surface area contributed by atoms with E-state index in [2.05, 4.69) is 4.98 Å². The zero-order valence-corrected chi connectivity index (χ0v) is 22.2. The average molecular weight is 538 g/mol. The summed E-state index contributed by atoms with van der Waals surface area (Å²) >= 11 is 6.04. The number of para-hydroxylation sites is 1. The van der Waals surface area contributed by atoms with Crippen LogP contribution in [0.3, 0.4) is 0 Å². The number of benzene rings is 2. The number of aromatic nitrogens is 3. The van der Waals surface area contributed by atoms with Crippen LogP contribution in [0.15, 0.2) is 70.4 Å². The standard InChI is InChI=1S/C28H28ClN3O6/c1-17(2)38-16-24-30-27(34)21(28(35)32(24)26-22(36-3)6-5-7-23(26)37-4)14-18-8-11-20(12-9-18)31-15-19(29)10-13-25(31)33/h5-13,15,17,34H,14,16H2,1-4H3. The molecule has 0 amide bonds. The number of ether oxygens (including phenoxy) is 3. The van der Waals surface area contributed by atoms with Crippen molar-refractivity contribution in [2.24, 2.45) is 0 Å². The first-order chi connectivity index (χ1) is 18.2. The van der Waals surface area contributed by atoms with Crippen LogP contribution in [-0.4, -0.2) is 39.5 Å². The first kappa shape index (κ1) is 27.0. The zero-order chi connectivity index (χ0) is 27.4. The van der Waals surface area contributed by atoms with Crippen LogP contribution < -0.4 is 20.6 Å². The second-order valence-corrected chi connectivity index (χ2v) is 9.18. The summed E-state index contributed by atoms with van der Waals surface area (Å²) in [5.74, 6) is 0.597. The molecule has 0 spiro atoms. The molecule has 0 bridgehead atoms. The lowest BCUT2D eigenvalue weighted by molar-refractivity contribution is 0.0594. The third-order valence-corrected chi connectivity index (χ3v) is 6.09. The molecule has 38 heavy (non-hydrogen) atoms. The van der Waals surface area contributed by atoms with Crippen molar-refractivity contribution in [3.8, 4) is 28.8 Å². The van der Waals surface area contributed by atoms with Gasteiger partial charge in [0.25, 0.3) is 11.1 Å². The minimum atomic E-state index is -0.488. The second kappa shape index (κ2) is 11.5. The van der Waals surface area contributed by atoms with E-state index in [1.807, 2.05) is 13.8 Å². The number of halogens is 1. The number of aromatic hydroxyl groups is 1. The largest absolute Gasteiger partial charge is 0.494 e. The van der Waals surface area contributed by atoms with E-state index in [0.29, 0.717) is 27.9 Å². The summed E-state index contributed by atoms with van der Waals surface area (Å²) in [5.41, 5.74) is 1.06. The Morgan fingerprint density at radius 3 is 2.24 bits per heavy atom. The smallest absolute Gasteiger partial charge is 0.265 e. The summed E-state index contributed by atoms with van der Waals surface area (Å²) in [6.07, 6.45) is 1.49. The molecule has 2 aromatic heterocycles. The van der Waals surface area contributed by atoms with Crippen molar-refractivity contribution in [2.75, 3.05) is 14.2 Å². The molecule has 198 valence electrons. The number of rotatable bonds is 9. The summed E-state index contributed by atoms with van der Waals surface area (Å²) in [7, 11) is 2.99. The molecule has 2 heterocycles. The zero-order valence-electron chi connectivity index (χ0n) is 21.5.